The summed E-state index contributed by atoms with van der Waals surface area (Å²) < 4.78 is 1.97. The molecule has 0 radical (unpaired) electrons. The summed E-state index contributed by atoms with van der Waals surface area (Å²) in [5, 5.41) is 11.4. The Morgan fingerprint density at radius 2 is 1.95 bits per heavy atom. The van der Waals surface area contributed by atoms with Crippen LogP contribution in [0.2, 0.25) is 0 Å². The number of carbonyl (C=O) groups excluding carboxylic acids is 1. The van der Waals surface area contributed by atoms with Crippen molar-refractivity contribution in [3.05, 3.63) is 46.2 Å². The zero-order chi connectivity index (χ0) is 15.9. The van der Waals surface area contributed by atoms with Crippen LogP contribution >= 0.6 is 11.3 Å². The Morgan fingerprint density at radius 3 is 2.64 bits per heavy atom. The van der Waals surface area contributed by atoms with Crippen LogP contribution in [0.5, 0.6) is 0 Å². The number of anilines is 1. The van der Waals surface area contributed by atoms with E-state index in [2.05, 4.69) is 29.4 Å². The van der Waals surface area contributed by atoms with Crippen molar-refractivity contribution in [1.82, 2.24) is 14.6 Å². The van der Waals surface area contributed by atoms with Gasteiger partial charge in [-0.05, 0) is 25.5 Å². The second-order valence-electron chi connectivity index (χ2n) is 5.62. The summed E-state index contributed by atoms with van der Waals surface area (Å²) in [5.41, 5.74) is 2.76. The Bertz CT molecular complexity index is 847. The van der Waals surface area contributed by atoms with Gasteiger partial charge in [-0.15, -0.1) is 10.2 Å². The van der Waals surface area contributed by atoms with Gasteiger partial charge in [0.25, 0.3) is 5.91 Å². The zero-order valence-electron chi connectivity index (χ0n) is 13.0. The molecule has 1 amide bonds. The predicted octanol–water partition coefficient (Wildman–Crippen LogP) is 3.78. The van der Waals surface area contributed by atoms with E-state index in [0.29, 0.717) is 4.88 Å². The summed E-state index contributed by atoms with van der Waals surface area (Å²) in [6.07, 6.45) is 0. The maximum atomic E-state index is 12.6. The van der Waals surface area contributed by atoms with E-state index < -0.39 is 0 Å². The minimum absolute atomic E-state index is 0.1000. The van der Waals surface area contributed by atoms with E-state index in [1.807, 2.05) is 42.5 Å². The smallest absolute Gasteiger partial charge is 0.267 e. The van der Waals surface area contributed by atoms with Crippen LogP contribution in [0.4, 0.5) is 5.69 Å². The van der Waals surface area contributed by atoms with Gasteiger partial charge in [0.1, 0.15) is 10.7 Å². The minimum atomic E-state index is -0.1000. The van der Waals surface area contributed by atoms with Gasteiger partial charge in [-0.3, -0.25) is 9.20 Å². The van der Waals surface area contributed by atoms with Crippen LogP contribution in [-0.2, 0) is 0 Å². The molecule has 0 bridgehead atoms. The largest absolute Gasteiger partial charge is 0.321 e. The van der Waals surface area contributed by atoms with Crippen LogP contribution in [0.25, 0.3) is 4.96 Å². The molecule has 0 aliphatic heterocycles. The number of carbonyl (C=O) groups is 1. The molecule has 114 valence electrons. The fourth-order valence-corrected chi connectivity index (χ4v) is 3.37. The lowest BCUT2D eigenvalue weighted by molar-refractivity contribution is 0.102. The SMILES string of the molecule is Cc1ccccc1NC(=O)c1sc2nnc(C(C)C)n2c1C. The maximum Gasteiger partial charge on any atom is 0.267 e. The Hall–Kier alpha value is -2.21. The topological polar surface area (TPSA) is 59.3 Å². The molecule has 2 heterocycles. The van der Waals surface area contributed by atoms with Crippen molar-refractivity contribution in [2.24, 2.45) is 0 Å². The second kappa shape index (κ2) is 5.53. The average molecular weight is 314 g/mol. The maximum absolute atomic E-state index is 12.6. The quantitative estimate of drug-likeness (QED) is 0.800. The molecule has 2 aromatic heterocycles. The molecule has 0 saturated carbocycles. The molecule has 0 aliphatic rings. The first-order chi connectivity index (χ1) is 10.5. The minimum Gasteiger partial charge on any atom is -0.321 e. The molecule has 0 saturated heterocycles. The van der Waals surface area contributed by atoms with Crippen molar-refractivity contribution >= 4 is 27.9 Å². The van der Waals surface area contributed by atoms with E-state index in [1.54, 1.807) is 0 Å². The summed E-state index contributed by atoms with van der Waals surface area (Å²) in [6, 6.07) is 7.75. The van der Waals surface area contributed by atoms with Crippen LogP contribution in [0.3, 0.4) is 0 Å². The molecule has 0 fully saturated rings. The molecule has 0 spiro atoms. The van der Waals surface area contributed by atoms with E-state index in [1.165, 1.54) is 11.3 Å². The van der Waals surface area contributed by atoms with Gasteiger partial charge in [-0.25, -0.2) is 0 Å². The Kier molecular flexibility index (Phi) is 3.70. The van der Waals surface area contributed by atoms with Gasteiger partial charge in [-0.2, -0.15) is 0 Å². The number of hydrogen-bond acceptors (Lipinski definition) is 4. The van der Waals surface area contributed by atoms with Crippen molar-refractivity contribution in [3.8, 4) is 0 Å². The van der Waals surface area contributed by atoms with Crippen LogP contribution < -0.4 is 5.32 Å². The molecule has 0 aliphatic carbocycles. The van der Waals surface area contributed by atoms with Gasteiger partial charge in [0.15, 0.2) is 0 Å². The van der Waals surface area contributed by atoms with Crippen molar-refractivity contribution in [2.75, 3.05) is 5.32 Å². The Balaban J connectivity index is 1.98. The highest BCUT2D eigenvalue weighted by molar-refractivity contribution is 7.19. The Labute approximate surface area is 133 Å². The summed E-state index contributed by atoms with van der Waals surface area (Å²) in [7, 11) is 0. The van der Waals surface area contributed by atoms with Gasteiger partial charge in [-0.1, -0.05) is 43.4 Å². The second-order valence-corrected chi connectivity index (χ2v) is 6.59. The molecule has 1 N–H and O–H groups in total. The molecular formula is C16H18N4OS. The molecule has 1 aromatic carbocycles. The van der Waals surface area contributed by atoms with E-state index in [4.69, 9.17) is 0 Å². The molecule has 5 nitrogen and oxygen atoms in total. The number of para-hydroxylation sites is 1. The summed E-state index contributed by atoms with van der Waals surface area (Å²) in [4.78, 5) is 14.0. The highest BCUT2D eigenvalue weighted by atomic mass is 32.1. The van der Waals surface area contributed by atoms with E-state index in [0.717, 1.165) is 27.7 Å². The monoisotopic (exact) mass is 314 g/mol. The summed E-state index contributed by atoms with van der Waals surface area (Å²) in [6.45, 7) is 8.05. The first kappa shape index (κ1) is 14.7. The highest BCUT2D eigenvalue weighted by Gasteiger charge is 2.21. The number of nitrogens with one attached hydrogen (secondary N) is 1. The third-order valence-electron chi connectivity index (χ3n) is 3.63. The lowest BCUT2D eigenvalue weighted by atomic mass is 10.2. The molecule has 0 atom stereocenters. The van der Waals surface area contributed by atoms with Crippen molar-refractivity contribution in [1.29, 1.82) is 0 Å². The van der Waals surface area contributed by atoms with E-state index in [-0.39, 0.29) is 11.8 Å². The molecular weight excluding hydrogens is 296 g/mol. The predicted molar refractivity (Wildman–Crippen MR) is 88.8 cm³/mol. The van der Waals surface area contributed by atoms with E-state index in [9.17, 15) is 4.79 Å². The summed E-state index contributed by atoms with van der Waals surface area (Å²) in [5.74, 6) is 1.05. The zero-order valence-corrected chi connectivity index (χ0v) is 13.9. The molecule has 0 unspecified atom stereocenters. The van der Waals surface area contributed by atoms with Crippen LogP contribution in [0.1, 0.15) is 46.5 Å². The first-order valence-corrected chi connectivity index (χ1v) is 8.02. The van der Waals surface area contributed by atoms with Crippen molar-refractivity contribution in [3.63, 3.8) is 0 Å². The number of rotatable bonds is 3. The Morgan fingerprint density at radius 1 is 1.23 bits per heavy atom. The third kappa shape index (κ3) is 2.39. The lowest BCUT2D eigenvalue weighted by Crippen LogP contribution is -2.13. The van der Waals surface area contributed by atoms with Gasteiger partial charge >= 0.3 is 0 Å². The fourth-order valence-electron chi connectivity index (χ4n) is 2.41. The number of aromatic nitrogens is 3. The number of nitrogens with zero attached hydrogens (tertiary/aromatic N) is 3. The van der Waals surface area contributed by atoms with Gasteiger partial charge in [0.2, 0.25) is 4.96 Å². The molecule has 22 heavy (non-hydrogen) atoms. The van der Waals surface area contributed by atoms with E-state index >= 15 is 0 Å². The molecule has 3 aromatic rings. The average Bonchev–Trinajstić information content (AvgIpc) is 3.02. The number of aryl methyl sites for hydroxylation is 2. The number of amides is 1. The molecule has 6 heteroatoms. The number of hydrogen-bond donors (Lipinski definition) is 1. The summed E-state index contributed by atoms with van der Waals surface area (Å²) >= 11 is 1.37. The van der Waals surface area contributed by atoms with Crippen molar-refractivity contribution < 1.29 is 4.79 Å². The van der Waals surface area contributed by atoms with Crippen LogP contribution in [0, 0.1) is 13.8 Å². The van der Waals surface area contributed by atoms with Crippen molar-refractivity contribution in [2.45, 2.75) is 33.6 Å². The van der Waals surface area contributed by atoms with Crippen LogP contribution in [0.15, 0.2) is 24.3 Å². The van der Waals surface area contributed by atoms with Gasteiger partial charge in [0.05, 0.1) is 0 Å². The number of thiazole rings is 1. The van der Waals surface area contributed by atoms with Crippen LogP contribution in [-0.4, -0.2) is 20.5 Å². The fraction of sp³-hybridized carbons (Fsp3) is 0.312. The van der Waals surface area contributed by atoms with Gasteiger partial charge < -0.3 is 5.32 Å². The standard InChI is InChI=1S/C16H18N4OS/c1-9(2)14-18-19-16-20(14)11(4)13(22-16)15(21)17-12-8-6-5-7-10(12)3/h5-9H,1-4H3,(H,17,21). The third-order valence-corrected chi connectivity index (χ3v) is 4.76. The molecule has 3 rings (SSSR count). The first-order valence-electron chi connectivity index (χ1n) is 7.20. The number of fused-ring (bicyclic) bond motifs is 1. The number of benzene rings is 1. The normalized spacial score (nSPS) is 11.3. The lowest BCUT2D eigenvalue weighted by Gasteiger charge is -2.07. The van der Waals surface area contributed by atoms with Gasteiger partial charge in [0, 0.05) is 17.3 Å². The highest BCUT2D eigenvalue weighted by Crippen LogP contribution is 2.26.